The molecule has 0 amide bonds. The molecule has 1 N–H and O–H groups in total. The molecule has 4 heteroatoms. The van der Waals surface area contributed by atoms with Crippen LogP contribution in [0.4, 0.5) is 0 Å². The molecule has 2 heterocycles. The number of pyridine rings is 1. The normalized spacial score (nSPS) is 12.1. The van der Waals surface area contributed by atoms with Gasteiger partial charge in [-0.15, -0.1) is 0 Å². The molecule has 10 aromatic rings. The molecule has 2 aromatic heterocycles. The van der Waals surface area contributed by atoms with Crippen LogP contribution in [-0.4, -0.2) is 19.6 Å². The van der Waals surface area contributed by atoms with Crippen molar-refractivity contribution in [1.29, 1.82) is 0 Å². The van der Waals surface area contributed by atoms with E-state index in [-0.39, 0.29) is 16.6 Å². The second kappa shape index (κ2) is 15.5. The molecule has 0 aliphatic carbocycles. The summed E-state index contributed by atoms with van der Waals surface area (Å²) in [7, 11) is 0. The van der Waals surface area contributed by atoms with Gasteiger partial charge in [0.1, 0.15) is 11.6 Å². The molecule has 314 valence electrons. The predicted molar refractivity (Wildman–Crippen MR) is 270 cm³/mol. The van der Waals surface area contributed by atoms with Crippen LogP contribution in [0.2, 0.25) is 0 Å². The van der Waals surface area contributed by atoms with Gasteiger partial charge in [0.2, 0.25) is 0 Å². The van der Waals surface area contributed by atoms with Crippen LogP contribution in [0.5, 0.6) is 5.75 Å². The van der Waals surface area contributed by atoms with Crippen LogP contribution in [0.25, 0.3) is 94.3 Å². The van der Waals surface area contributed by atoms with Crippen LogP contribution < -0.4 is 0 Å². The zero-order chi connectivity index (χ0) is 44.5. The van der Waals surface area contributed by atoms with Crippen molar-refractivity contribution in [2.45, 2.75) is 66.2 Å². The number of benzene rings is 8. The van der Waals surface area contributed by atoms with Gasteiger partial charge in [0.15, 0.2) is 0 Å². The highest BCUT2D eigenvalue weighted by Gasteiger charge is 2.25. The third-order valence-electron chi connectivity index (χ3n) is 13.0. The molecule has 0 aliphatic rings. The molecular weight excluding hydrogens is 779 g/mol. The van der Waals surface area contributed by atoms with Crippen molar-refractivity contribution in [1.82, 2.24) is 14.5 Å². The maximum atomic E-state index is 11.8. The lowest BCUT2D eigenvalue weighted by atomic mass is 9.86. The number of aryl methyl sites for hydroxylation is 2. The molecule has 64 heavy (non-hydrogen) atoms. The summed E-state index contributed by atoms with van der Waals surface area (Å²) in [6, 6.07) is 58.5. The molecule has 0 unspecified atom stereocenters. The SMILES string of the molecule is Cc1cccc(C)c1-c1ccnc2c(-c3cccc(-c4cc(-c5cccc6ccccc56)cc5c4nc(-c4cc(C(C)(C)C)ccc4O)n5-c4ccc(C(C)(C)C)cc4)c3)cccc12. The Balaban J connectivity index is 1.26. The number of phenolic OH excluding ortho intramolecular Hbond substituents is 1. The standard InChI is InChI=1S/C60H53N3O/c1-37-15-11-16-38(2)55(37)49-31-32-61-56-48(23-14-24-50(49)56)40-19-12-20-41(33-40)51-34-42(47-22-13-18-39-17-9-10-21-46(39)47)35-53-57(51)62-58(52-36-44(60(6,7)8)27-30-54(52)64)63(53)45-28-25-43(26-29-45)59(3,4)5/h9-36,64H,1-8H3. The highest BCUT2D eigenvalue weighted by Crippen LogP contribution is 2.44. The van der Waals surface area contributed by atoms with Crippen LogP contribution in [0.15, 0.2) is 170 Å². The van der Waals surface area contributed by atoms with Gasteiger partial charge in [0.05, 0.1) is 22.1 Å². The van der Waals surface area contributed by atoms with Gasteiger partial charge in [-0.2, -0.15) is 0 Å². The first-order chi connectivity index (χ1) is 30.7. The van der Waals surface area contributed by atoms with Crippen molar-refractivity contribution in [3.05, 3.63) is 192 Å². The fraction of sp³-hybridized carbons (Fsp3) is 0.167. The van der Waals surface area contributed by atoms with Gasteiger partial charge < -0.3 is 5.11 Å². The maximum absolute atomic E-state index is 11.8. The van der Waals surface area contributed by atoms with E-state index in [1.54, 1.807) is 0 Å². The lowest BCUT2D eigenvalue weighted by molar-refractivity contribution is 0.475. The van der Waals surface area contributed by atoms with E-state index in [2.05, 4.69) is 212 Å². The zero-order valence-electron chi connectivity index (χ0n) is 38.0. The topological polar surface area (TPSA) is 50.9 Å². The fourth-order valence-electron chi connectivity index (χ4n) is 9.48. The summed E-state index contributed by atoms with van der Waals surface area (Å²) in [6.07, 6.45) is 1.94. The van der Waals surface area contributed by atoms with Gasteiger partial charge in [-0.05, 0) is 140 Å². The van der Waals surface area contributed by atoms with Crippen LogP contribution in [0.1, 0.15) is 63.8 Å². The monoisotopic (exact) mass is 831 g/mol. The largest absolute Gasteiger partial charge is 0.507 e. The van der Waals surface area contributed by atoms with E-state index in [0.717, 1.165) is 66.6 Å². The molecule has 0 atom stereocenters. The lowest BCUT2D eigenvalue weighted by Gasteiger charge is -2.21. The molecule has 0 aliphatic heterocycles. The van der Waals surface area contributed by atoms with Crippen molar-refractivity contribution in [2.75, 3.05) is 0 Å². The average molecular weight is 832 g/mol. The van der Waals surface area contributed by atoms with Crippen molar-refractivity contribution in [3.8, 4) is 67.3 Å². The number of hydrogen-bond donors (Lipinski definition) is 1. The quantitative estimate of drug-likeness (QED) is 0.182. The van der Waals surface area contributed by atoms with Gasteiger partial charge in [-0.3, -0.25) is 9.55 Å². The Labute approximate surface area is 376 Å². The number of aromatic nitrogens is 3. The summed E-state index contributed by atoms with van der Waals surface area (Å²) < 4.78 is 2.24. The van der Waals surface area contributed by atoms with E-state index in [9.17, 15) is 5.11 Å². The molecule has 0 radical (unpaired) electrons. The minimum absolute atomic E-state index is 0.0159. The minimum Gasteiger partial charge on any atom is -0.507 e. The van der Waals surface area contributed by atoms with E-state index in [1.165, 1.54) is 38.6 Å². The molecule has 0 saturated carbocycles. The van der Waals surface area contributed by atoms with E-state index >= 15 is 0 Å². The Morgan fingerprint density at radius 1 is 0.469 bits per heavy atom. The van der Waals surface area contributed by atoms with Gasteiger partial charge in [0.25, 0.3) is 0 Å². The van der Waals surface area contributed by atoms with Crippen LogP contribution in [-0.2, 0) is 10.8 Å². The zero-order valence-corrected chi connectivity index (χ0v) is 38.0. The smallest absolute Gasteiger partial charge is 0.149 e. The summed E-state index contributed by atoms with van der Waals surface area (Å²) >= 11 is 0. The number of hydrogen-bond acceptors (Lipinski definition) is 3. The molecule has 4 nitrogen and oxygen atoms in total. The highest BCUT2D eigenvalue weighted by molar-refractivity contribution is 6.06. The summed E-state index contributed by atoms with van der Waals surface area (Å²) in [5.74, 6) is 0.879. The third kappa shape index (κ3) is 7.13. The van der Waals surface area contributed by atoms with Crippen molar-refractivity contribution < 1.29 is 5.11 Å². The second-order valence-electron chi connectivity index (χ2n) is 19.4. The Hall–Kier alpha value is -7.30. The molecule has 10 rings (SSSR count). The Bertz CT molecular complexity index is 3410. The first kappa shape index (κ1) is 40.8. The Morgan fingerprint density at radius 2 is 1.09 bits per heavy atom. The van der Waals surface area contributed by atoms with E-state index in [1.807, 2.05) is 18.3 Å². The van der Waals surface area contributed by atoms with Gasteiger partial charge in [0, 0.05) is 28.4 Å². The Kier molecular flexibility index (Phi) is 9.87. The van der Waals surface area contributed by atoms with E-state index in [0.29, 0.717) is 11.4 Å². The van der Waals surface area contributed by atoms with Crippen molar-refractivity contribution >= 4 is 32.7 Å². The fourth-order valence-corrected chi connectivity index (χ4v) is 9.48. The number of nitrogens with zero attached hydrogens (tertiary/aromatic N) is 3. The van der Waals surface area contributed by atoms with Gasteiger partial charge in [-0.1, -0.05) is 157 Å². The molecule has 0 bridgehead atoms. The Morgan fingerprint density at radius 3 is 1.84 bits per heavy atom. The molecule has 0 fully saturated rings. The average Bonchev–Trinajstić information content (AvgIpc) is 3.67. The maximum Gasteiger partial charge on any atom is 0.149 e. The lowest BCUT2D eigenvalue weighted by Crippen LogP contribution is -2.11. The van der Waals surface area contributed by atoms with Crippen molar-refractivity contribution in [3.63, 3.8) is 0 Å². The predicted octanol–water partition coefficient (Wildman–Crippen LogP) is 16.0. The molecule has 0 saturated heterocycles. The number of aromatic hydroxyl groups is 1. The molecule has 8 aromatic carbocycles. The molecule has 0 spiro atoms. The molecular formula is C60H53N3O. The number of fused-ring (bicyclic) bond motifs is 3. The summed E-state index contributed by atoms with van der Waals surface area (Å²) in [5, 5.41) is 15.2. The number of phenols is 1. The number of rotatable bonds is 6. The van der Waals surface area contributed by atoms with E-state index in [4.69, 9.17) is 9.97 Å². The first-order valence-corrected chi connectivity index (χ1v) is 22.3. The summed E-state index contributed by atoms with van der Waals surface area (Å²) in [5.41, 5.74) is 18.0. The first-order valence-electron chi connectivity index (χ1n) is 22.3. The van der Waals surface area contributed by atoms with Crippen molar-refractivity contribution in [2.24, 2.45) is 0 Å². The van der Waals surface area contributed by atoms with Crippen LogP contribution in [0.3, 0.4) is 0 Å². The third-order valence-corrected chi connectivity index (χ3v) is 13.0. The van der Waals surface area contributed by atoms with E-state index < -0.39 is 0 Å². The van der Waals surface area contributed by atoms with Gasteiger partial charge >= 0.3 is 0 Å². The van der Waals surface area contributed by atoms with Gasteiger partial charge in [-0.25, -0.2) is 4.98 Å². The minimum atomic E-state index is -0.142. The summed E-state index contributed by atoms with van der Waals surface area (Å²) in [6.45, 7) is 17.7. The highest BCUT2D eigenvalue weighted by atomic mass is 16.3. The van der Waals surface area contributed by atoms with Crippen LogP contribution >= 0.6 is 0 Å². The number of imidazole rings is 1. The number of para-hydroxylation sites is 1. The second-order valence-corrected chi connectivity index (χ2v) is 19.4. The van der Waals surface area contributed by atoms with Crippen LogP contribution in [0, 0.1) is 13.8 Å². The summed E-state index contributed by atoms with van der Waals surface area (Å²) in [4.78, 5) is 10.6.